The Bertz CT molecular complexity index is 348. The minimum Gasteiger partial charge on any atom is -0.362 e. The Morgan fingerprint density at radius 2 is 1.71 bits per heavy atom. The number of pyridine rings is 1. The van der Waals surface area contributed by atoms with Gasteiger partial charge in [0.05, 0.1) is 5.69 Å². The highest BCUT2D eigenvalue weighted by atomic mass is 16.5. The summed E-state index contributed by atoms with van der Waals surface area (Å²) in [6, 6.07) is 3.22. The summed E-state index contributed by atoms with van der Waals surface area (Å²) in [5, 5.41) is 0. The number of rotatable bonds is 1. The summed E-state index contributed by atoms with van der Waals surface area (Å²) in [4.78, 5) is 27.7. The van der Waals surface area contributed by atoms with Crippen molar-refractivity contribution in [3.05, 3.63) is 24.5 Å². The van der Waals surface area contributed by atoms with E-state index in [1.54, 1.807) is 12.1 Å². The second-order valence-electron chi connectivity index (χ2n) is 2.82. The number of morpholine rings is 1. The third kappa shape index (κ3) is 1.49. The number of hydrogen-bond donors (Lipinski definition) is 0. The Labute approximate surface area is 80.3 Å². The van der Waals surface area contributed by atoms with Crippen LogP contribution >= 0.6 is 0 Å². The molecule has 5 heteroatoms. The summed E-state index contributed by atoms with van der Waals surface area (Å²) in [5.74, 6) is -0.681. The lowest BCUT2D eigenvalue weighted by Gasteiger charge is -2.24. The molecule has 2 rings (SSSR count). The van der Waals surface area contributed by atoms with Gasteiger partial charge in [0.15, 0.2) is 0 Å². The predicted molar refractivity (Wildman–Crippen MR) is 47.5 cm³/mol. The van der Waals surface area contributed by atoms with Gasteiger partial charge < -0.3 is 4.74 Å². The molecule has 0 radical (unpaired) electrons. The van der Waals surface area contributed by atoms with Crippen LogP contribution in [0, 0.1) is 0 Å². The van der Waals surface area contributed by atoms with Gasteiger partial charge in [0.25, 0.3) is 11.8 Å². The van der Waals surface area contributed by atoms with E-state index in [0.717, 1.165) is 4.90 Å². The van der Waals surface area contributed by atoms with E-state index in [2.05, 4.69) is 4.98 Å². The monoisotopic (exact) mass is 192 g/mol. The highest BCUT2D eigenvalue weighted by Gasteiger charge is 2.27. The maximum atomic E-state index is 11.4. The van der Waals surface area contributed by atoms with Crippen LogP contribution in [0.2, 0.25) is 0 Å². The lowest BCUT2D eigenvalue weighted by Crippen LogP contribution is -2.46. The van der Waals surface area contributed by atoms with Crippen molar-refractivity contribution < 1.29 is 14.3 Å². The Balaban J connectivity index is 2.32. The van der Waals surface area contributed by atoms with E-state index in [1.165, 1.54) is 12.4 Å². The van der Waals surface area contributed by atoms with Gasteiger partial charge in [0.2, 0.25) is 0 Å². The Hall–Kier alpha value is -1.75. The van der Waals surface area contributed by atoms with Crippen LogP contribution in [0.5, 0.6) is 0 Å². The molecule has 0 unspecified atom stereocenters. The van der Waals surface area contributed by atoms with Crippen molar-refractivity contribution in [2.24, 2.45) is 0 Å². The van der Waals surface area contributed by atoms with Crippen LogP contribution < -0.4 is 4.90 Å². The molecule has 1 aromatic rings. The van der Waals surface area contributed by atoms with E-state index in [0.29, 0.717) is 5.69 Å². The van der Waals surface area contributed by atoms with Gasteiger partial charge in [0.1, 0.15) is 13.2 Å². The normalized spacial score (nSPS) is 17.3. The number of ether oxygens (including phenoxy) is 1. The number of aromatic nitrogens is 1. The minimum absolute atomic E-state index is 0.0476. The first-order chi connectivity index (χ1) is 6.79. The first-order valence-corrected chi connectivity index (χ1v) is 4.12. The van der Waals surface area contributed by atoms with Crippen molar-refractivity contribution in [1.29, 1.82) is 0 Å². The molecule has 0 saturated carbocycles. The van der Waals surface area contributed by atoms with E-state index in [4.69, 9.17) is 4.74 Å². The first kappa shape index (κ1) is 8.83. The van der Waals surface area contributed by atoms with Crippen molar-refractivity contribution >= 4 is 17.5 Å². The molecule has 2 heterocycles. The molecule has 1 fully saturated rings. The number of carbonyl (C=O) groups is 2. The van der Waals surface area contributed by atoms with Gasteiger partial charge in [-0.3, -0.25) is 14.6 Å². The summed E-state index contributed by atoms with van der Waals surface area (Å²) in [6.07, 6.45) is 3.07. The number of imide groups is 1. The van der Waals surface area contributed by atoms with Crippen molar-refractivity contribution in [2.75, 3.05) is 18.1 Å². The summed E-state index contributed by atoms with van der Waals surface area (Å²) in [7, 11) is 0. The molecule has 5 nitrogen and oxygen atoms in total. The number of anilines is 1. The Morgan fingerprint density at radius 3 is 2.29 bits per heavy atom. The molecule has 0 atom stereocenters. The van der Waals surface area contributed by atoms with Gasteiger partial charge in [-0.05, 0) is 12.1 Å². The lowest BCUT2D eigenvalue weighted by molar-refractivity contribution is -0.138. The van der Waals surface area contributed by atoms with Gasteiger partial charge in [-0.15, -0.1) is 0 Å². The largest absolute Gasteiger partial charge is 0.362 e. The van der Waals surface area contributed by atoms with E-state index in [1.807, 2.05) is 0 Å². The smallest absolute Gasteiger partial charge is 0.259 e. The number of carbonyl (C=O) groups excluding carboxylic acids is 2. The second-order valence-corrected chi connectivity index (χ2v) is 2.82. The highest BCUT2D eigenvalue weighted by molar-refractivity contribution is 6.16. The molecule has 1 aliphatic heterocycles. The molecule has 0 aliphatic carbocycles. The number of hydrogen-bond acceptors (Lipinski definition) is 4. The van der Waals surface area contributed by atoms with Crippen molar-refractivity contribution in [2.45, 2.75) is 0 Å². The van der Waals surface area contributed by atoms with Crippen LogP contribution in [0.1, 0.15) is 0 Å². The van der Waals surface area contributed by atoms with Crippen molar-refractivity contribution in [3.8, 4) is 0 Å². The van der Waals surface area contributed by atoms with Gasteiger partial charge in [0, 0.05) is 12.4 Å². The van der Waals surface area contributed by atoms with Crippen LogP contribution in [0.3, 0.4) is 0 Å². The van der Waals surface area contributed by atoms with E-state index in [9.17, 15) is 9.59 Å². The first-order valence-electron chi connectivity index (χ1n) is 4.12. The van der Waals surface area contributed by atoms with Gasteiger partial charge in [-0.2, -0.15) is 0 Å². The third-order valence-corrected chi connectivity index (χ3v) is 1.87. The molecule has 2 amide bonds. The van der Waals surface area contributed by atoms with E-state index < -0.39 is 0 Å². The van der Waals surface area contributed by atoms with Gasteiger partial charge in [-0.1, -0.05) is 0 Å². The molecule has 0 aromatic carbocycles. The fraction of sp³-hybridized carbons (Fsp3) is 0.222. The molecule has 1 aromatic heterocycles. The second kappa shape index (κ2) is 3.55. The van der Waals surface area contributed by atoms with Gasteiger partial charge in [-0.25, -0.2) is 4.90 Å². The van der Waals surface area contributed by atoms with Crippen LogP contribution in [0.15, 0.2) is 24.5 Å². The predicted octanol–water partition coefficient (Wildman–Crippen LogP) is -0.0286. The third-order valence-electron chi connectivity index (χ3n) is 1.87. The Morgan fingerprint density at radius 1 is 1.14 bits per heavy atom. The minimum atomic E-state index is -0.340. The number of amides is 2. The molecule has 0 spiro atoms. The molecule has 0 N–H and O–H groups in total. The summed E-state index contributed by atoms with van der Waals surface area (Å²) in [6.45, 7) is -0.0951. The van der Waals surface area contributed by atoms with Crippen LogP contribution in [0.4, 0.5) is 5.69 Å². The van der Waals surface area contributed by atoms with Crippen molar-refractivity contribution in [3.63, 3.8) is 0 Å². The van der Waals surface area contributed by atoms with Crippen molar-refractivity contribution in [1.82, 2.24) is 4.98 Å². The van der Waals surface area contributed by atoms with Crippen LogP contribution in [-0.2, 0) is 14.3 Å². The standard InChI is InChI=1S/C9H8N2O3/c12-8-5-14-6-9(13)11(8)7-1-3-10-4-2-7/h1-4H,5-6H2. The summed E-state index contributed by atoms with van der Waals surface area (Å²) in [5.41, 5.74) is 0.540. The molecule has 72 valence electrons. The maximum Gasteiger partial charge on any atom is 0.259 e. The van der Waals surface area contributed by atoms with E-state index in [-0.39, 0.29) is 25.0 Å². The maximum absolute atomic E-state index is 11.4. The van der Waals surface area contributed by atoms with Crippen LogP contribution in [0.25, 0.3) is 0 Å². The van der Waals surface area contributed by atoms with E-state index >= 15 is 0 Å². The lowest BCUT2D eigenvalue weighted by atomic mass is 10.3. The van der Waals surface area contributed by atoms with Gasteiger partial charge >= 0.3 is 0 Å². The summed E-state index contributed by atoms with van der Waals surface area (Å²) >= 11 is 0. The highest BCUT2D eigenvalue weighted by Crippen LogP contribution is 2.15. The molecule has 1 aliphatic rings. The zero-order valence-electron chi connectivity index (χ0n) is 7.34. The van der Waals surface area contributed by atoms with Crippen LogP contribution in [-0.4, -0.2) is 30.0 Å². The Kier molecular flexibility index (Phi) is 2.24. The average Bonchev–Trinajstić information content (AvgIpc) is 2.19. The molecule has 1 saturated heterocycles. The summed E-state index contributed by atoms with van der Waals surface area (Å²) < 4.78 is 4.79. The average molecular weight is 192 g/mol. The fourth-order valence-electron chi connectivity index (χ4n) is 1.27. The molecule has 14 heavy (non-hydrogen) atoms. The number of nitrogens with zero attached hydrogens (tertiary/aromatic N) is 2. The molecular formula is C9H8N2O3. The fourth-order valence-corrected chi connectivity index (χ4v) is 1.27. The molecular weight excluding hydrogens is 184 g/mol. The zero-order chi connectivity index (χ0) is 9.97. The zero-order valence-corrected chi connectivity index (χ0v) is 7.34. The quantitative estimate of drug-likeness (QED) is 0.586. The topological polar surface area (TPSA) is 59.5 Å². The molecule has 0 bridgehead atoms. The SMILES string of the molecule is O=C1COCC(=O)N1c1ccncc1.